The van der Waals surface area contributed by atoms with Gasteiger partial charge in [-0.25, -0.2) is 9.97 Å². The zero-order chi connectivity index (χ0) is 33.0. The van der Waals surface area contributed by atoms with Crippen LogP contribution in [0.15, 0.2) is 83.1 Å². The highest BCUT2D eigenvalue weighted by molar-refractivity contribution is 8.02. The average molecular weight is 707 g/mol. The van der Waals surface area contributed by atoms with E-state index in [1.165, 1.54) is 0 Å². The van der Waals surface area contributed by atoms with Crippen molar-refractivity contribution in [3.8, 4) is 91.0 Å². The third kappa shape index (κ3) is 5.27. The number of imidazole rings is 2. The number of aromatic nitrogens is 4. The Hall–Kier alpha value is -5.60. The smallest absolute Gasteiger partial charge is 0.231 e. The molecule has 6 heterocycles. The van der Waals surface area contributed by atoms with Crippen molar-refractivity contribution >= 4 is 23.5 Å². The molecule has 0 saturated carbocycles. The quantitative estimate of drug-likeness (QED) is 0.113. The van der Waals surface area contributed by atoms with E-state index < -0.39 is 0 Å². The molecule has 14 heteroatoms. The van der Waals surface area contributed by atoms with Crippen molar-refractivity contribution in [2.45, 2.75) is 10.3 Å². The van der Waals surface area contributed by atoms with Crippen LogP contribution in [0, 0.1) is 0 Å². The van der Waals surface area contributed by atoms with E-state index in [9.17, 15) is 0 Å². The van der Waals surface area contributed by atoms with Crippen LogP contribution in [0.2, 0.25) is 0 Å². The molecule has 250 valence electrons. The Morgan fingerprint density at radius 1 is 0.420 bits per heavy atom. The lowest BCUT2D eigenvalue weighted by Crippen LogP contribution is -1.93. The minimum atomic E-state index is 0.208. The molecule has 6 aromatic rings. The van der Waals surface area contributed by atoms with E-state index in [4.69, 9.17) is 47.9 Å². The molecule has 2 N–H and O–H groups in total. The zero-order valence-corrected chi connectivity index (χ0v) is 27.8. The first-order valence-electron chi connectivity index (χ1n) is 15.8. The summed E-state index contributed by atoms with van der Waals surface area (Å²) in [5.41, 5.74) is 7.10. The van der Waals surface area contributed by atoms with Crippen LogP contribution in [0.4, 0.5) is 0 Å². The SMILES string of the molecule is c1cc2c(cc1-c1nc(SCCSc3nc(-c4ccc5c(c4)OCO5)c(-c4ccc5c(c4)OCO5)[nH]3)[nH]c1-c1ccc3c(c1)OCO3)OCO2. The maximum Gasteiger partial charge on any atom is 0.231 e. The Kier molecular flexibility index (Phi) is 7.08. The fraction of sp³-hybridized carbons (Fsp3) is 0.167. The fourth-order valence-electron chi connectivity index (χ4n) is 6.14. The summed E-state index contributed by atoms with van der Waals surface area (Å²) >= 11 is 3.29. The number of rotatable bonds is 9. The van der Waals surface area contributed by atoms with Crippen molar-refractivity contribution < 1.29 is 37.9 Å². The first-order chi connectivity index (χ1) is 24.7. The van der Waals surface area contributed by atoms with Crippen molar-refractivity contribution in [1.29, 1.82) is 0 Å². The molecule has 12 nitrogen and oxygen atoms in total. The molecule has 10 rings (SSSR count). The van der Waals surface area contributed by atoms with Crippen LogP contribution < -0.4 is 37.9 Å². The normalized spacial score (nSPS) is 14.5. The highest BCUT2D eigenvalue weighted by atomic mass is 32.2. The van der Waals surface area contributed by atoms with E-state index in [2.05, 4.69) is 9.97 Å². The highest BCUT2D eigenvalue weighted by Gasteiger charge is 2.24. The first-order valence-corrected chi connectivity index (χ1v) is 17.7. The minimum absolute atomic E-state index is 0.208. The van der Waals surface area contributed by atoms with Gasteiger partial charge in [0.1, 0.15) is 0 Å². The molecule has 0 unspecified atom stereocenters. The molecule has 0 bridgehead atoms. The van der Waals surface area contributed by atoms with E-state index in [1.54, 1.807) is 23.5 Å². The topological polar surface area (TPSA) is 131 Å². The average Bonchev–Trinajstić information content (AvgIpc) is 4.00. The van der Waals surface area contributed by atoms with Gasteiger partial charge < -0.3 is 47.9 Å². The summed E-state index contributed by atoms with van der Waals surface area (Å²) in [4.78, 5) is 17.2. The molecule has 0 saturated heterocycles. The number of H-pyrrole nitrogens is 2. The first kappa shape index (κ1) is 29.3. The standard InChI is InChI=1S/C36H26N4O8S2/c1-5-23-27(45-15-41-23)11-19(1)31-32(20-2-6-24-28(12-20)46-16-42-24)38-35(37-31)49-9-10-50-36-39-33(21-3-7-25-29(13-21)47-17-43-25)34(40-36)22-4-8-26-30(14-22)48-18-44-26/h1-8,11-14H,9-10,15-18H2,(H,37,38)(H,39,40). The number of fused-ring (bicyclic) bond motifs is 4. The molecule has 0 fully saturated rings. The van der Waals surface area contributed by atoms with Gasteiger partial charge in [0.2, 0.25) is 27.2 Å². The summed E-state index contributed by atoms with van der Waals surface area (Å²) in [6.07, 6.45) is 0. The van der Waals surface area contributed by atoms with Gasteiger partial charge in [-0.05, 0) is 72.8 Å². The molecule has 4 aliphatic heterocycles. The number of nitrogens with zero attached hydrogens (tertiary/aromatic N) is 2. The highest BCUT2D eigenvalue weighted by Crippen LogP contribution is 2.44. The van der Waals surface area contributed by atoms with Gasteiger partial charge in [0.25, 0.3) is 0 Å². The van der Waals surface area contributed by atoms with Gasteiger partial charge in [0, 0.05) is 33.8 Å². The lowest BCUT2D eigenvalue weighted by atomic mass is 10.0. The maximum atomic E-state index is 5.67. The van der Waals surface area contributed by atoms with E-state index >= 15 is 0 Å². The predicted octanol–water partition coefficient (Wildman–Crippen LogP) is 7.60. The maximum absolute atomic E-state index is 5.67. The molecule has 2 aromatic heterocycles. The fourth-order valence-corrected chi connectivity index (χ4v) is 7.86. The molecule has 0 amide bonds. The van der Waals surface area contributed by atoms with Crippen molar-refractivity contribution in [3.05, 3.63) is 72.8 Å². The van der Waals surface area contributed by atoms with Crippen LogP contribution in [0.25, 0.3) is 45.0 Å². The number of benzene rings is 4. The zero-order valence-electron chi connectivity index (χ0n) is 26.1. The third-order valence-electron chi connectivity index (χ3n) is 8.54. The Labute approximate surface area is 293 Å². The van der Waals surface area contributed by atoms with Gasteiger partial charge in [0.15, 0.2) is 56.3 Å². The van der Waals surface area contributed by atoms with Crippen molar-refractivity contribution in [3.63, 3.8) is 0 Å². The molecule has 4 aromatic carbocycles. The molecule has 0 spiro atoms. The number of nitrogens with one attached hydrogen (secondary N) is 2. The van der Waals surface area contributed by atoms with Crippen LogP contribution >= 0.6 is 23.5 Å². The van der Waals surface area contributed by atoms with Gasteiger partial charge in [0.05, 0.1) is 22.8 Å². The number of aromatic amines is 2. The van der Waals surface area contributed by atoms with Crippen molar-refractivity contribution in [1.82, 2.24) is 19.9 Å². The Morgan fingerprint density at radius 2 is 0.740 bits per heavy atom. The van der Waals surface area contributed by atoms with Gasteiger partial charge in [-0.2, -0.15) is 0 Å². The minimum Gasteiger partial charge on any atom is -0.454 e. The predicted molar refractivity (Wildman–Crippen MR) is 185 cm³/mol. The lowest BCUT2D eigenvalue weighted by molar-refractivity contribution is 0.173. The molecule has 50 heavy (non-hydrogen) atoms. The molecular weight excluding hydrogens is 681 g/mol. The molecule has 0 radical (unpaired) electrons. The van der Waals surface area contributed by atoms with Gasteiger partial charge in [-0.3, -0.25) is 0 Å². The monoisotopic (exact) mass is 706 g/mol. The summed E-state index contributed by atoms with van der Waals surface area (Å²) in [7, 11) is 0. The Bertz CT molecular complexity index is 1980. The van der Waals surface area contributed by atoms with Crippen LogP contribution in [0.1, 0.15) is 0 Å². The van der Waals surface area contributed by atoms with E-state index in [0.29, 0.717) is 23.0 Å². The molecule has 0 aliphatic carbocycles. The summed E-state index contributed by atoms with van der Waals surface area (Å²) in [6.45, 7) is 0.835. The van der Waals surface area contributed by atoms with Gasteiger partial charge >= 0.3 is 0 Å². The number of ether oxygens (including phenoxy) is 8. The summed E-state index contributed by atoms with van der Waals surface area (Å²) in [5, 5.41) is 1.60. The van der Waals surface area contributed by atoms with Crippen molar-refractivity contribution in [2.24, 2.45) is 0 Å². The van der Waals surface area contributed by atoms with Crippen LogP contribution in [0.3, 0.4) is 0 Å². The Morgan fingerprint density at radius 3 is 1.12 bits per heavy atom. The largest absolute Gasteiger partial charge is 0.454 e. The molecule has 0 atom stereocenters. The number of hydrogen-bond acceptors (Lipinski definition) is 12. The lowest BCUT2D eigenvalue weighted by Gasteiger charge is -2.05. The van der Waals surface area contributed by atoms with E-state index in [1.807, 2.05) is 72.8 Å². The second-order valence-electron chi connectivity index (χ2n) is 11.5. The molecule has 4 aliphatic rings. The number of thioether (sulfide) groups is 2. The van der Waals surface area contributed by atoms with E-state index in [-0.39, 0.29) is 27.2 Å². The third-order valence-corrected chi connectivity index (χ3v) is 10.5. The summed E-state index contributed by atoms with van der Waals surface area (Å²) in [5.74, 6) is 7.27. The van der Waals surface area contributed by atoms with Crippen molar-refractivity contribution in [2.75, 3.05) is 38.7 Å². The number of hydrogen-bond donors (Lipinski definition) is 2. The summed E-state index contributed by atoms with van der Waals surface area (Å²) in [6, 6.07) is 23.6. The van der Waals surface area contributed by atoms with E-state index in [0.717, 1.165) is 89.8 Å². The van der Waals surface area contributed by atoms with Gasteiger partial charge in [-0.15, -0.1) is 0 Å². The van der Waals surface area contributed by atoms with Crippen LogP contribution in [-0.4, -0.2) is 58.6 Å². The molecular formula is C36H26N4O8S2. The summed E-state index contributed by atoms with van der Waals surface area (Å²) < 4.78 is 44.8. The Balaban J connectivity index is 0.909. The van der Waals surface area contributed by atoms with Gasteiger partial charge in [-0.1, -0.05) is 23.5 Å². The van der Waals surface area contributed by atoms with Crippen LogP contribution in [-0.2, 0) is 0 Å². The second kappa shape index (κ2) is 12.1. The van der Waals surface area contributed by atoms with Crippen LogP contribution in [0.5, 0.6) is 46.0 Å². The second-order valence-corrected chi connectivity index (χ2v) is 13.7.